The highest BCUT2D eigenvalue weighted by atomic mass is 127. The monoisotopic (exact) mass is 541 g/mol. The van der Waals surface area contributed by atoms with Crippen LogP contribution in [-0.2, 0) is 6.54 Å². The summed E-state index contributed by atoms with van der Waals surface area (Å²) in [5.41, 5.74) is 1.34. The molecule has 0 radical (unpaired) electrons. The van der Waals surface area contributed by atoms with E-state index in [9.17, 15) is 0 Å². The molecule has 2 N–H and O–H groups in total. The summed E-state index contributed by atoms with van der Waals surface area (Å²) in [7, 11) is 2.17. The second kappa shape index (κ2) is 13.2. The highest BCUT2D eigenvalue weighted by Gasteiger charge is 2.21. The number of anilines is 1. The maximum absolute atomic E-state index is 4.88. The van der Waals surface area contributed by atoms with Crippen molar-refractivity contribution in [2.75, 3.05) is 38.1 Å². The van der Waals surface area contributed by atoms with Crippen molar-refractivity contribution < 1.29 is 0 Å². The van der Waals surface area contributed by atoms with Gasteiger partial charge in [0.25, 0.3) is 0 Å². The van der Waals surface area contributed by atoms with Crippen molar-refractivity contribution in [3.05, 3.63) is 53.4 Å². The fraction of sp³-hybridized carbons (Fsp3) is 0.522. The summed E-state index contributed by atoms with van der Waals surface area (Å²) in [6.45, 7) is 9.20. The van der Waals surface area contributed by atoms with Crippen LogP contribution < -0.4 is 15.5 Å². The number of benzene rings is 1. The van der Waals surface area contributed by atoms with Crippen LogP contribution in [0.1, 0.15) is 32.3 Å². The minimum absolute atomic E-state index is 0. The molecule has 0 aliphatic carbocycles. The van der Waals surface area contributed by atoms with Crippen LogP contribution in [0.2, 0.25) is 0 Å². The normalized spacial score (nSPS) is 16.3. The second-order valence-corrected chi connectivity index (χ2v) is 8.75. The van der Waals surface area contributed by atoms with Crippen LogP contribution in [0.25, 0.3) is 0 Å². The molecule has 2 heterocycles. The molecule has 0 spiro atoms. The van der Waals surface area contributed by atoms with Gasteiger partial charge >= 0.3 is 0 Å². The van der Waals surface area contributed by atoms with Gasteiger partial charge in [0, 0.05) is 38.3 Å². The third kappa shape index (κ3) is 7.74. The van der Waals surface area contributed by atoms with E-state index in [4.69, 9.17) is 4.99 Å². The molecule has 1 aromatic heterocycles. The molecule has 30 heavy (non-hydrogen) atoms. The van der Waals surface area contributed by atoms with Crippen molar-refractivity contribution in [1.29, 1.82) is 0 Å². The number of hydrogen-bond donors (Lipinski definition) is 2. The van der Waals surface area contributed by atoms with Crippen LogP contribution in [0.15, 0.2) is 52.8 Å². The quantitative estimate of drug-likeness (QED) is 0.295. The average Bonchev–Trinajstić information content (AvgIpc) is 3.28. The fourth-order valence-corrected chi connectivity index (χ4v) is 4.38. The first-order valence-corrected chi connectivity index (χ1v) is 11.6. The first-order chi connectivity index (χ1) is 14.2. The van der Waals surface area contributed by atoms with Gasteiger partial charge in [-0.1, -0.05) is 30.3 Å². The summed E-state index contributed by atoms with van der Waals surface area (Å²) in [5, 5.41) is 10.6. The summed E-state index contributed by atoms with van der Waals surface area (Å²) < 4.78 is 0. The number of piperidine rings is 1. The molecule has 5 nitrogen and oxygen atoms in total. The predicted octanol–water partition coefficient (Wildman–Crippen LogP) is 4.41. The van der Waals surface area contributed by atoms with Crippen LogP contribution >= 0.6 is 35.3 Å². The van der Waals surface area contributed by atoms with Crippen LogP contribution in [0.3, 0.4) is 0 Å². The van der Waals surface area contributed by atoms with Gasteiger partial charge in [-0.15, -0.1) is 35.3 Å². The SMILES string of the molecule is CCNC(=NCC(C)N(C)Cc1ccccc1)NC1CCN(c2cccs2)CC1.I. The smallest absolute Gasteiger partial charge is 0.191 e. The van der Waals surface area contributed by atoms with E-state index in [0.29, 0.717) is 12.1 Å². The lowest BCUT2D eigenvalue weighted by atomic mass is 10.1. The zero-order valence-electron chi connectivity index (χ0n) is 18.4. The standard InChI is InChI=1S/C23H35N5S.HI/c1-4-24-23(25-17-19(2)27(3)18-20-9-6-5-7-10-20)26-21-12-14-28(15-13-21)22-11-8-16-29-22;/h5-11,16,19,21H,4,12-15,17-18H2,1-3H3,(H2,24,25,26);1H. The molecular weight excluding hydrogens is 505 g/mol. The maximum Gasteiger partial charge on any atom is 0.191 e. The number of hydrogen-bond acceptors (Lipinski definition) is 4. The Bertz CT molecular complexity index is 729. The van der Waals surface area contributed by atoms with Gasteiger partial charge in [-0.05, 0) is 56.8 Å². The summed E-state index contributed by atoms with van der Waals surface area (Å²) in [6.07, 6.45) is 2.29. The molecule has 1 saturated heterocycles. The van der Waals surface area contributed by atoms with Crippen molar-refractivity contribution in [2.45, 2.75) is 45.3 Å². The fourth-order valence-electron chi connectivity index (χ4n) is 3.60. The minimum atomic E-state index is 0. The largest absolute Gasteiger partial charge is 0.363 e. The van der Waals surface area contributed by atoms with E-state index < -0.39 is 0 Å². The Hall–Kier alpha value is -1.32. The molecular formula is C23H36IN5S. The zero-order chi connectivity index (χ0) is 20.5. The number of guanidine groups is 1. The zero-order valence-corrected chi connectivity index (χ0v) is 21.5. The number of thiophene rings is 1. The third-order valence-corrected chi connectivity index (χ3v) is 6.47. The molecule has 0 amide bonds. The Balaban J connectivity index is 0.00000320. The van der Waals surface area contributed by atoms with Gasteiger partial charge in [0.2, 0.25) is 0 Å². The Labute approximate surface area is 203 Å². The van der Waals surface area contributed by atoms with Crippen molar-refractivity contribution in [2.24, 2.45) is 4.99 Å². The molecule has 0 bridgehead atoms. The molecule has 1 aliphatic heterocycles. The first kappa shape index (κ1) is 24.9. The highest BCUT2D eigenvalue weighted by molar-refractivity contribution is 14.0. The third-order valence-electron chi connectivity index (χ3n) is 5.54. The molecule has 1 unspecified atom stereocenters. The lowest BCUT2D eigenvalue weighted by Crippen LogP contribution is -2.49. The van der Waals surface area contributed by atoms with E-state index in [1.807, 2.05) is 11.3 Å². The van der Waals surface area contributed by atoms with Gasteiger partial charge in [-0.3, -0.25) is 9.89 Å². The van der Waals surface area contributed by atoms with E-state index in [-0.39, 0.29) is 24.0 Å². The molecule has 1 aliphatic rings. The maximum atomic E-state index is 4.88. The molecule has 0 saturated carbocycles. The summed E-state index contributed by atoms with van der Waals surface area (Å²) in [4.78, 5) is 9.74. The summed E-state index contributed by atoms with van der Waals surface area (Å²) in [6, 6.07) is 15.9. The summed E-state index contributed by atoms with van der Waals surface area (Å²) >= 11 is 1.83. The molecule has 1 aromatic carbocycles. The minimum Gasteiger partial charge on any atom is -0.363 e. The van der Waals surface area contributed by atoms with E-state index in [1.54, 1.807) is 0 Å². The Kier molecular flexibility index (Phi) is 11.0. The Morgan fingerprint density at radius 2 is 1.93 bits per heavy atom. The molecule has 2 aromatic rings. The Morgan fingerprint density at radius 3 is 2.57 bits per heavy atom. The van der Waals surface area contributed by atoms with E-state index in [2.05, 4.69) is 89.2 Å². The highest BCUT2D eigenvalue weighted by Crippen LogP contribution is 2.24. The average molecular weight is 542 g/mol. The van der Waals surface area contributed by atoms with Crippen LogP contribution in [0.5, 0.6) is 0 Å². The van der Waals surface area contributed by atoms with Crippen molar-refractivity contribution in [3.63, 3.8) is 0 Å². The molecule has 166 valence electrons. The van der Waals surface area contributed by atoms with Crippen molar-refractivity contribution >= 4 is 46.3 Å². The van der Waals surface area contributed by atoms with Gasteiger partial charge < -0.3 is 15.5 Å². The van der Waals surface area contributed by atoms with Crippen LogP contribution in [0.4, 0.5) is 5.00 Å². The Morgan fingerprint density at radius 1 is 1.20 bits per heavy atom. The van der Waals surface area contributed by atoms with Gasteiger partial charge in [0.05, 0.1) is 11.5 Å². The number of nitrogens with zero attached hydrogens (tertiary/aromatic N) is 3. The van der Waals surface area contributed by atoms with Gasteiger partial charge in [-0.2, -0.15) is 0 Å². The van der Waals surface area contributed by atoms with Crippen molar-refractivity contribution in [1.82, 2.24) is 15.5 Å². The molecule has 1 atom stereocenters. The van der Waals surface area contributed by atoms with Crippen LogP contribution in [-0.4, -0.2) is 56.2 Å². The number of halogens is 1. The number of rotatable bonds is 8. The van der Waals surface area contributed by atoms with Gasteiger partial charge in [0.15, 0.2) is 5.96 Å². The van der Waals surface area contributed by atoms with Gasteiger partial charge in [-0.25, -0.2) is 0 Å². The molecule has 7 heteroatoms. The lowest BCUT2D eigenvalue weighted by Gasteiger charge is -2.33. The second-order valence-electron chi connectivity index (χ2n) is 7.83. The summed E-state index contributed by atoms with van der Waals surface area (Å²) in [5.74, 6) is 0.946. The van der Waals surface area contributed by atoms with Crippen molar-refractivity contribution in [3.8, 4) is 0 Å². The van der Waals surface area contributed by atoms with E-state index >= 15 is 0 Å². The van der Waals surface area contributed by atoms with E-state index in [0.717, 1.165) is 51.5 Å². The molecule has 3 rings (SSSR count). The predicted molar refractivity (Wildman–Crippen MR) is 141 cm³/mol. The van der Waals surface area contributed by atoms with E-state index in [1.165, 1.54) is 10.6 Å². The number of nitrogens with one attached hydrogen (secondary N) is 2. The topological polar surface area (TPSA) is 42.9 Å². The first-order valence-electron chi connectivity index (χ1n) is 10.7. The number of aliphatic imine (C=N–C) groups is 1. The molecule has 1 fully saturated rings. The van der Waals surface area contributed by atoms with Crippen LogP contribution in [0, 0.1) is 0 Å². The number of likely N-dealkylation sites (N-methyl/N-ethyl adjacent to an activating group) is 1. The van der Waals surface area contributed by atoms with Gasteiger partial charge in [0.1, 0.15) is 0 Å². The lowest BCUT2D eigenvalue weighted by molar-refractivity contribution is 0.255.